The number of nitrogen functional groups attached to an aromatic ring is 1. The minimum absolute atomic E-state index is 0.104. The Morgan fingerprint density at radius 3 is 2.84 bits per heavy atom. The molecule has 4 N–H and O–H groups in total. The third-order valence-electron chi connectivity index (χ3n) is 2.37. The molecule has 1 unspecified atom stereocenters. The van der Waals surface area contributed by atoms with E-state index in [0.29, 0.717) is 15.6 Å². The first-order valence-electron chi connectivity index (χ1n) is 5.48. The van der Waals surface area contributed by atoms with Crippen LogP contribution in [0.4, 0.5) is 10.2 Å². The molecule has 0 radical (unpaired) electrons. The number of nitrogens with zero attached hydrogens (tertiary/aromatic N) is 1. The summed E-state index contributed by atoms with van der Waals surface area (Å²) in [5.74, 6) is -0.332. The van der Waals surface area contributed by atoms with E-state index in [-0.39, 0.29) is 11.4 Å². The molecule has 0 spiro atoms. The molecule has 0 bridgehead atoms. The van der Waals surface area contributed by atoms with Gasteiger partial charge in [-0.3, -0.25) is 4.79 Å². The van der Waals surface area contributed by atoms with Gasteiger partial charge in [-0.15, -0.1) is 0 Å². The van der Waals surface area contributed by atoms with E-state index in [1.54, 1.807) is 0 Å². The fraction of sp³-hybridized carbons (Fsp3) is 0.167. The van der Waals surface area contributed by atoms with E-state index in [9.17, 15) is 14.3 Å². The minimum Gasteiger partial charge on any atom is -0.389 e. The van der Waals surface area contributed by atoms with E-state index in [0.717, 1.165) is 11.8 Å². The first kappa shape index (κ1) is 13.6. The maximum absolute atomic E-state index is 13.2. The second-order valence-corrected chi connectivity index (χ2v) is 4.97. The molecule has 0 saturated heterocycles. The maximum Gasteiger partial charge on any atom is 0.253 e. The van der Waals surface area contributed by atoms with E-state index in [4.69, 9.17) is 5.73 Å². The van der Waals surface area contributed by atoms with Crippen LogP contribution in [0.25, 0.3) is 0 Å². The summed E-state index contributed by atoms with van der Waals surface area (Å²) in [7, 11) is 0. The lowest BCUT2D eigenvalue weighted by molar-refractivity contribution is 0.196. The molecule has 19 heavy (non-hydrogen) atoms. The fourth-order valence-electron chi connectivity index (χ4n) is 1.54. The van der Waals surface area contributed by atoms with Crippen molar-refractivity contribution in [1.82, 2.24) is 9.97 Å². The number of aliphatic hydroxyl groups is 1. The molecule has 2 aromatic rings. The number of anilines is 1. The largest absolute Gasteiger partial charge is 0.389 e. The van der Waals surface area contributed by atoms with Crippen molar-refractivity contribution in [1.29, 1.82) is 0 Å². The third-order valence-corrected chi connectivity index (χ3v) is 3.35. The van der Waals surface area contributed by atoms with Gasteiger partial charge in [-0.1, -0.05) is 11.8 Å². The van der Waals surface area contributed by atoms with Crippen LogP contribution < -0.4 is 11.3 Å². The zero-order valence-electron chi connectivity index (χ0n) is 10.1. The molecule has 5 nitrogen and oxygen atoms in total. The summed E-state index contributed by atoms with van der Waals surface area (Å²) >= 11 is 1.11. The van der Waals surface area contributed by atoms with Crippen molar-refractivity contribution in [2.75, 3.05) is 5.73 Å². The van der Waals surface area contributed by atoms with Crippen LogP contribution in [0.5, 0.6) is 0 Å². The molecule has 100 valence electrons. The Morgan fingerprint density at radius 1 is 1.47 bits per heavy atom. The predicted octanol–water partition coefficient (Wildman–Crippen LogP) is 1.70. The van der Waals surface area contributed by atoms with Gasteiger partial charge >= 0.3 is 0 Å². The number of aromatic nitrogens is 2. The Labute approximate surface area is 112 Å². The molecule has 0 aliphatic heterocycles. The topological polar surface area (TPSA) is 92.0 Å². The molecule has 1 aromatic heterocycles. The number of benzene rings is 1. The van der Waals surface area contributed by atoms with Gasteiger partial charge in [-0.2, -0.15) is 0 Å². The smallest absolute Gasteiger partial charge is 0.253 e. The predicted molar refractivity (Wildman–Crippen MR) is 70.4 cm³/mol. The fourth-order valence-corrected chi connectivity index (χ4v) is 2.54. The van der Waals surface area contributed by atoms with E-state index in [1.807, 2.05) is 0 Å². The van der Waals surface area contributed by atoms with Gasteiger partial charge < -0.3 is 15.8 Å². The summed E-state index contributed by atoms with van der Waals surface area (Å²) in [6.07, 6.45) is -0.828. The van der Waals surface area contributed by atoms with Crippen molar-refractivity contribution in [3.63, 3.8) is 0 Å². The van der Waals surface area contributed by atoms with Crippen molar-refractivity contribution in [3.8, 4) is 0 Å². The lowest BCUT2D eigenvalue weighted by atomic mass is 10.1. The molecule has 0 aliphatic rings. The van der Waals surface area contributed by atoms with E-state index >= 15 is 0 Å². The minimum atomic E-state index is -0.828. The van der Waals surface area contributed by atoms with Crippen LogP contribution in [-0.4, -0.2) is 15.1 Å². The Morgan fingerprint density at radius 2 is 2.21 bits per heavy atom. The third kappa shape index (κ3) is 3.33. The van der Waals surface area contributed by atoms with Crippen LogP contribution in [0, 0.1) is 5.82 Å². The number of aliphatic hydroxyl groups excluding tert-OH is 1. The Hall–Kier alpha value is -1.86. The normalized spacial score (nSPS) is 12.4. The van der Waals surface area contributed by atoms with Gasteiger partial charge in [0.1, 0.15) is 11.6 Å². The number of H-pyrrole nitrogens is 1. The van der Waals surface area contributed by atoms with Crippen LogP contribution in [0.1, 0.15) is 18.6 Å². The average molecular weight is 281 g/mol. The highest BCUT2D eigenvalue weighted by atomic mass is 32.2. The molecule has 7 heteroatoms. The highest BCUT2D eigenvalue weighted by molar-refractivity contribution is 7.99. The molecular formula is C12H12FN3O2S. The van der Waals surface area contributed by atoms with Crippen molar-refractivity contribution in [2.45, 2.75) is 23.1 Å². The van der Waals surface area contributed by atoms with Crippen molar-refractivity contribution in [3.05, 3.63) is 46.0 Å². The highest BCUT2D eigenvalue weighted by Gasteiger charge is 2.12. The van der Waals surface area contributed by atoms with Gasteiger partial charge in [0.05, 0.1) is 6.10 Å². The van der Waals surface area contributed by atoms with Crippen LogP contribution >= 0.6 is 11.8 Å². The number of halogens is 1. The molecule has 0 aliphatic carbocycles. The maximum atomic E-state index is 13.2. The average Bonchev–Trinajstić information content (AvgIpc) is 2.30. The molecule has 0 fully saturated rings. The van der Waals surface area contributed by atoms with Crippen molar-refractivity contribution in [2.24, 2.45) is 0 Å². The number of nitrogens with one attached hydrogen (secondary N) is 1. The SMILES string of the molecule is CC(O)c1cc(F)ccc1Sc1nc(N)cc(=O)[nH]1. The monoisotopic (exact) mass is 281 g/mol. The number of nitrogens with two attached hydrogens (primary N) is 1. The standard InChI is InChI=1S/C12H12FN3O2S/c1-6(17)8-4-7(13)2-3-9(8)19-12-15-10(14)5-11(18)16-12/h2-6,17H,1H3,(H3,14,15,16,18). The number of hydrogen-bond acceptors (Lipinski definition) is 5. The molecule has 1 heterocycles. The first-order valence-corrected chi connectivity index (χ1v) is 6.29. The second kappa shape index (κ2) is 5.41. The van der Waals surface area contributed by atoms with Crippen molar-refractivity contribution >= 4 is 17.6 Å². The van der Waals surface area contributed by atoms with E-state index < -0.39 is 11.9 Å². The van der Waals surface area contributed by atoms with Crippen LogP contribution in [0.15, 0.2) is 39.1 Å². The molecule has 2 rings (SSSR count). The summed E-state index contributed by atoms with van der Waals surface area (Å²) in [6, 6.07) is 5.21. The van der Waals surface area contributed by atoms with E-state index in [1.165, 1.54) is 31.2 Å². The molecule has 1 aromatic carbocycles. The Kier molecular flexibility index (Phi) is 3.87. The first-order chi connectivity index (χ1) is 8.95. The van der Waals surface area contributed by atoms with Crippen molar-refractivity contribution < 1.29 is 9.50 Å². The van der Waals surface area contributed by atoms with Crippen LogP contribution in [0.3, 0.4) is 0 Å². The highest BCUT2D eigenvalue weighted by Crippen LogP contribution is 2.31. The molecule has 0 amide bonds. The summed E-state index contributed by atoms with van der Waals surface area (Å²) < 4.78 is 13.2. The summed E-state index contributed by atoms with van der Waals surface area (Å²) in [6.45, 7) is 1.54. The van der Waals surface area contributed by atoms with Gasteiger partial charge in [0, 0.05) is 11.0 Å². The van der Waals surface area contributed by atoms with Crippen LogP contribution in [-0.2, 0) is 0 Å². The van der Waals surface area contributed by atoms with Gasteiger partial charge in [-0.05, 0) is 30.7 Å². The number of rotatable bonds is 3. The quantitative estimate of drug-likeness (QED) is 0.745. The van der Waals surface area contributed by atoms with E-state index in [2.05, 4.69) is 9.97 Å². The number of aromatic amines is 1. The van der Waals surface area contributed by atoms with Gasteiger partial charge in [0.25, 0.3) is 5.56 Å². The molecule has 0 saturated carbocycles. The summed E-state index contributed by atoms with van der Waals surface area (Å²) in [5, 5.41) is 9.91. The summed E-state index contributed by atoms with van der Waals surface area (Å²) in [4.78, 5) is 18.4. The Balaban J connectivity index is 2.40. The van der Waals surface area contributed by atoms with Gasteiger partial charge in [-0.25, -0.2) is 9.37 Å². The van der Waals surface area contributed by atoms with Gasteiger partial charge in [0.2, 0.25) is 0 Å². The lowest BCUT2D eigenvalue weighted by Gasteiger charge is -2.11. The number of hydrogen-bond donors (Lipinski definition) is 3. The zero-order chi connectivity index (χ0) is 14.0. The molecule has 1 atom stereocenters. The van der Waals surface area contributed by atoms with Gasteiger partial charge in [0.15, 0.2) is 5.16 Å². The van der Waals surface area contributed by atoms with Crippen LogP contribution in [0.2, 0.25) is 0 Å². The lowest BCUT2D eigenvalue weighted by Crippen LogP contribution is -2.09. The second-order valence-electron chi connectivity index (χ2n) is 3.94. The zero-order valence-corrected chi connectivity index (χ0v) is 10.9. The summed E-state index contributed by atoms with van der Waals surface area (Å²) in [5.41, 5.74) is 5.54. The molecular weight excluding hydrogens is 269 g/mol. The Bertz CT molecular complexity index is 658.